The minimum absolute atomic E-state index is 0.441. The summed E-state index contributed by atoms with van der Waals surface area (Å²) in [5, 5.41) is 3.00. The van der Waals surface area contributed by atoms with Gasteiger partial charge in [0, 0.05) is 50.7 Å². The molecule has 0 saturated carbocycles. The van der Waals surface area contributed by atoms with Crippen molar-refractivity contribution in [3.05, 3.63) is 78.0 Å². The molecule has 1 aliphatic heterocycles. The van der Waals surface area contributed by atoms with Crippen LogP contribution in [-0.4, -0.2) is 41.0 Å². The lowest BCUT2D eigenvalue weighted by Gasteiger charge is -2.34. The van der Waals surface area contributed by atoms with Gasteiger partial charge in [0.2, 0.25) is 5.95 Å². The van der Waals surface area contributed by atoms with Crippen LogP contribution in [0.15, 0.2) is 60.8 Å². The van der Waals surface area contributed by atoms with Crippen LogP contribution in [0.4, 0.5) is 26.2 Å². The third-order valence-corrected chi connectivity index (χ3v) is 4.74. The molecule has 1 saturated heterocycles. The summed E-state index contributed by atoms with van der Waals surface area (Å²) in [6, 6.07) is 15.8. The molecule has 0 spiro atoms. The molecule has 0 atom stereocenters. The van der Waals surface area contributed by atoms with Crippen molar-refractivity contribution in [2.75, 3.05) is 36.4 Å². The fourth-order valence-corrected chi connectivity index (χ4v) is 3.24. The van der Waals surface area contributed by atoms with Gasteiger partial charge in [-0.2, -0.15) is 4.98 Å². The van der Waals surface area contributed by atoms with E-state index in [9.17, 15) is 8.78 Å². The monoisotopic (exact) mass is 381 g/mol. The van der Waals surface area contributed by atoms with Crippen LogP contribution in [0.1, 0.15) is 5.56 Å². The second-order valence-electron chi connectivity index (χ2n) is 6.74. The van der Waals surface area contributed by atoms with Gasteiger partial charge in [0.05, 0.1) is 0 Å². The molecule has 1 N–H and O–H groups in total. The first-order valence-corrected chi connectivity index (χ1v) is 9.24. The molecule has 2 heterocycles. The Balaban J connectivity index is 1.37. The van der Waals surface area contributed by atoms with E-state index < -0.39 is 11.6 Å². The van der Waals surface area contributed by atoms with E-state index in [-0.39, 0.29) is 0 Å². The quantitative estimate of drug-likeness (QED) is 0.728. The van der Waals surface area contributed by atoms with E-state index >= 15 is 0 Å². The van der Waals surface area contributed by atoms with E-state index in [1.807, 2.05) is 6.07 Å². The largest absolute Gasteiger partial charge is 0.340 e. The number of rotatable bonds is 5. The first-order valence-electron chi connectivity index (χ1n) is 9.24. The van der Waals surface area contributed by atoms with Gasteiger partial charge in [0.1, 0.15) is 5.82 Å². The maximum Gasteiger partial charge on any atom is 0.227 e. The third-order valence-electron chi connectivity index (χ3n) is 4.74. The maximum atomic E-state index is 13.4. The van der Waals surface area contributed by atoms with Gasteiger partial charge in [-0.15, -0.1) is 0 Å². The molecule has 7 heteroatoms. The molecule has 1 aliphatic rings. The Labute approximate surface area is 162 Å². The molecule has 144 valence electrons. The van der Waals surface area contributed by atoms with Crippen molar-refractivity contribution in [3.63, 3.8) is 0 Å². The molecule has 5 nitrogen and oxygen atoms in total. The highest BCUT2D eigenvalue weighted by Crippen LogP contribution is 2.20. The van der Waals surface area contributed by atoms with Gasteiger partial charge in [-0.25, -0.2) is 13.8 Å². The van der Waals surface area contributed by atoms with Gasteiger partial charge in [0.25, 0.3) is 0 Å². The lowest BCUT2D eigenvalue weighted by atomic mass is 10.2. The van der Waals surface area contributed by atoms with Crippen LogP contribution in [0.5, 0.6) is 0 Å². The summed E-state index contributed by atoms with van der Waals surface area (Å²) < 4.78 is 26.5. The van der Waals surface area contributed by atoms with Crippen LogP contribution in [0, 0.1) is 11.6 Å². The normalized spacial score (nSPS) is 14.9. The molecule has 3 aromatic rings. The zero-order valence-electron chi connectivity index (χ0n) is 15.4. The van der Waals surface area contributed by atoms with Gasteiger partial charge in [0.15, 0.2) is 11.6 Å². The van der Waals surface area contributed by atoms with Gasteiger partial charge >= 0.3 is 0 Å². The molecule has 28 heavy (non-hydrogen) atoms. The number of nitrogens with one attached hydrogen (secondary N) is 1. The van der Waals surface area contributed by atoms with Crippen molar-refractivity contribution >= 4 is 17.5 Å². The van der Waals surface area contributed by atoms with Crippen LogP contribution in [-0.2, 0) is 6.54 Å². The smallest absolute Gasteiger partial charge is 0.227 e. The first-order chi connectivity index (χ1) is 13.7. The molecule has 4 rings (SSSR count). The molecule has 0 aliphatic carbocycles. The zero-order valence-corrected chi connectivity index (χ0v) is 15.4. The van der Waals surface area contributed by atoms with Gasteiger partial charge < -0.3 is 10.2 Å². The van der Waals surface area contributed by atoms with Crippen molar-refractivity contribution in [2.24, 2.45) is 0 Å². The second kappa shape index (κ2) is 8.31. The van der Waals surface area contributed by atoms with Crippen LogP contribution in [0.2, 0.25) is 0 Å². The van der Waals surface area contributed by atoms with Crippen LogP contribution >= 0.6 is 0 Å². The minimum Gasteiger partial charge on any atom is -0.340 e. The molecule has 1 aromatic heterocycles. The van der Waals surface area contributed by atoms with Gasteiger partial charge in [-0.3, -0.25) is 4.90 Å². The standard InChI is InChI=1S/C21H21F2N5/c22-18-7-6-17(14-19(18)23)25-20-8-9-24-21(26-20)28-12-10-27(11-13-28)15-16-4-2-1-3-5-16/h1-9,14H,10-13,15H2,(H,24,25,26). The molecule has 2 aromatic carbocycles. The molecule has 0 unspecified atom stereocenters. The molecular weight excluding hydrogens is 360 g/mol. The van der Waals surface area contributed by atoms with Crippen molar-refractivity contribution in [2.45, 2.75) is 6.54 Å². The number of nitrogens with zero attached hydrogens (tertiary/aromatic N) is 4. The maximum absolute atomic E-state index is 13.4. The highest BCUT2D eigenvalue weighted by Gasteiger charge is 2.19. The van der Waals surface area contributed by atoms with E-state index in [2.05, 4.69) is 49.4 Å². The summed E-state index contributed by atoms with van der Waals surface area (Å²) in [5.74, 6) is -0.592. The Morgan fingerprint density at radius 3 is 2.43 bits per heavy atom. The van der Waals surface area contributed by atoms with Crippen LogP contribution in [0.25, 0.3) is 0 Å². The first kappa shape index (κ1) is 18.3. The summed E-state index contributed by atoms with van der Waals surface area (Å²) >= 11 is 0. The average Bonchev–Trinajstić information content (AvgIpc) is 2.72. The average molecular weight is 381 g/mol. The Kier molecular flexibility index (Phi) is 5.43. The van der Waals surface area contributed by atoms with E-state index in [0.29, 0.717) is 17.5 Å². The number of halogens is 2. The van der Waals surface area contributed by atoms with Gasteiger partial charge in [-0.1, -0.05) is 30.3 Å². The Morgan fingerprint density at radius 1 is 0.893 bits per heavy atom. The highest BCUT2D eigenvalue weighted by atomic mass is 19.2. The summed E-state index contributed by atoms with van der Waals surface area (Å²) in [7, 11) is 0. The van der Waals surface area contributed by atoms with Crippen molar-refractivity contribution < 1.29 is 8.78 Å². The van der Waals surface area contributed by atoms with Gasteiger partial charge in [-0.05, 0) is 23.8 Å². The number of piperazine rings is 1. The molecule has 0 bridgehead atoms. The number of benzene rings is 2. The molecule has 0 amide bonds. The summed E-state index contributed by atoms with van der Waals surface area (Å²) in [6.07, 6.45) is 1.67. The van der Waals surface area contributed by atoms with E-state index in [1.54, 1.807) is 12.3 Å². The van der Waals surface area contributed by atoms with Crippen LogP contribution in [0.3, 0.4) is 0 Å². The predicted molar refractivity (Wildman–Crippen MR) is 106 cm³/mol. The van der Waals surface area contributed by atoms with E-state index in [0.717, 1.165) is 44.9 Å². The number of hydrogen-bond donors (Lipinski definition) is 1. The minimum atomic E-state index is -0.895. The topological polar surface area (TPSA) is 44.3 Å². The van der Waals surface area contributed by atoms with Crippen LogP contribution < -0.4 is 10.2 Å². The summed E-state index contributed by atoms with van der Waals surface area (Å²) in [5.41, 5.74) is 1.75. The fraction of sp³-hybridized carbons (Fsp3) is 0.238. The van der Waals surface area contributed by atoms with Crippen molar-refractivity contribution in [3.8, 4) is 0 Å². The number of anilines is 3. The van der Waals surface area contributed by atoms with Crippen molar-refractivity contribution in [1.29, 1.82) is 0 Å². The summed E-state index contributed by atoms with van der Waals surface area (Å²) in [6.45, 7) is 4.47. The Hall–Kier alpha value is -3.06. The highest BCUT2D eigenvalue weighted by molar-refractivity contribution is 5.57. The lowest BCUT2D eigenvalue weighted by Crippen LogP contribution is -2.46. The SMILES string of the molecule is Fc1ccc(Nc2ccnc(N3CCN(Cc4ccccc4)CC3)n2)cc1F. The molecule has 0 radical (unpaired) electrons. The van der Waals surface area contributed by atoms with E-state index in [1.165, 1.54) is 11.6 Å². The predicted octanol–water partition coefficient (Wildman–Crippen LogP) is 3.82. The molecule has 1 fully saturated rings. The summed E-state index contributed by atoms with van der Waals surface area (Å²) in [4.78, 5) is 13.4. The lowest BCUT2D eigenvalue weighted by molar-refractivity contribution is 0.248. The second-order valence-corrected chi connectivity index (χ2v) is 6.74. The number of aromatic nitrogens is 2. The van der Waals surface area contributed by atoms with E-state index in [4.69, 9.17) is 0 Å². The number of hydrogen-bond acceptors (Lipinski definition) is 5. The Morgan fingerprint density at radius 2 is 1.68 bits per heavy atom. The Bertz CT molecular complexity index is 927. The zero-order chi connectivity index (χ0) is 19.3. The molecular formula is C21H21F2N5. The third kappa shape index (κ3) is 4.43. The fourth-order valence-electron chi connectivity index (χ4n) is 3.24. The van der Waals surface area contributed by atoms with Crippen molar-refractivity contribution in [1.82, 2.24) is 14.9 Å².